The van der Waals surface area contributed by atoms with Gasteiger partial charge in [0.25, 0.3) is 5.91 Å². The highest BCUT2D eigenvalue weighted by atomic mass is 16.5. The molecule has 1 amide bonds. The van der Waals surface area contributed by atoms with Gasteiger partial charge in [-0.1, -0.05) is 42.5 Å². The van der Waals surface area contributed by atoms with E-state index >= 15 is 0 Å². The number of ether oxygens (including phenoxy) is 1. The Morgan fingerprint density at radius 2 is 1.81 bits per heavy atom. The molecule has 0 spiro atoms. The van der Waals surface area contributed by atoms with Crippen molar-refractivity contribution < 1.29 is 9.53 Å². The molecule has 136 valence electrons. The largest absolute Gasteiger partial charge is 0.484 e. The molecule has 4 rings (SSSR count). The third-order valence-corrected chi connectivity index (χ3v) is 4.64. The normalized spacial score (nSPS) is 13.1. The van der Waals surface area contributed by atoms with E-state index in [1.54, 1.807) is 11.1 Å². The highest BCUT2D eigenvalue weighted by Crippen LogP contribution is 2.22. The Balaban J connectivity index is 1.35. The zero-order chi connectivity index (χ0) is 18.6. The molecule has 6 nitrogen and oxygen atoms in total. The molecule has 1 aliphatic rings. The van der Waals surface area contributed by atoms with Gasteiger partial charge in [-0.05, 0) is 35.2 Å². The maximum atomic E-state index is 12.5. The van der Waals surface area contributed by atoms with Gasteiger partial charge in [0.1, 0.15) is 5.75 Å². The second-order valence-electron chi connectivity index (χ2n) is 6.44. The fourth-order valence-corrected chi connectivity index (χ4v) is 3.14. The van der Waals surface area contributed by atoms with Crippen LogP contribution >= 0.6 is 0 Å². The second-order valence-corrected chi connectivity index (χ2v) is 6.44. The quantitative estimate of drug-likeness (QED) is 0.774. The molecule has 0 fully saturated rings. The fraction of sp³-hybridized carbons (Fsp3) is 0.190. The van der Waals surface area contributed by atoms with Crippen molar-refractivity contribution in [3.05, 3.63) is 72.1 Å². The molecule has 0 bridgehead atoms. The topological polar surface area (TPSA) is 81.3 Å². The first-order valence-corrected chi connectivity index (χ1v) is 8.85. The first-order chi connectivity index (χ1) is 13.2. The van der Waals surface area contributed by atoms with E-state index in [0.717, 1.165) is 28.8 Å². The highest BCUT2D eigenvalue weighted by molar-refractivity contribution is 5.78. The third-order valence-electron chi connectivity index (χ3n) is 4.64. The Labute approximate surface area is 157 Å². The summed E-state index contributed by atoms with van der Waals surface area (Å²) in [5.74, 6) is 0.842. The van der Waals surface area contributed by atoms with Crippen LogP contribution in [0.3, 0.4) is 0 Å². The molecule has 0 aliphatic carbocycles. The van der Waals surface area contributed by atoms with Gasteiger partial charge in [-0.15, -0.1) is 0 Å². The summed E-state index contributed by atoms with van der Waals surface area (Å²) in [6, 6.07) is 17.9. The first-order valence-electron chi connectivity index (χ1n) is 8.85. The van der Waals surface area contributed by atoms with E-state index in [0.29, 0.717) is 18.8 Å². The van der Waals surface area contributed by atoms with Crippen LogP contribution in [0, 0.1) is 0 Å². The SMILES string of the molecule is Nc1ncc2c(n1)CN(C(=O)COc1ccc(-c3ccccc3)cc1)CC2. The van der Waals surface area contributed by atoms with Crippen LogP contribution < -0.4 is 10.5 Å². The maximum Gasteiger partial charge on any atom is 0.260 e. The first kappa shape index (κ1) is 17.0. The number of hydrogen-bond donors (Lipinski definition) is 1. The lowest BCUT2D eigenvalue weighted by molar-refractivity contribution is -0.134. The van der Waals surface area contributed by atoms with Gasteiger partial charge < -0.3 is 15.4 Å². The Kier molecular flexibility index (Phi) is 4.70. The lowest BCUT2D eigenvalue weighted by atomic mass is 10.1. The molecule has 0 unspecified atom stereocenters. The van der Waals surface area contributed by atoms with Crippen LogP contribution in [0.4, 0.5) is 5.95 Å². The summed E-state index contributed by atoms with van der Waals surface area (Å²) in [4.78, 5) is 22.5. The monoisotopic (exact) mass is 360 g/mol. The molecule has 2 aromatic carbocycles. The van der Waals surface area contributed by atoms with Gasteiger partial charge >= 0.3 is 0 Å². The lowest BCUT2D eigenvalue weighted by Crippen LogP contribution is -2.39. The van der Waals surface area contributed by atoms with E-state index in [1.165, 1.54) is 0 Å². The van der Waals surface area contributed by atoms with Crippen LogP contribution in [0.15, 0.2) is 60.8 Å². The molecular formula is C21H20N4O2. The molecule has 0 atom stereocenters. The Morgan fingerprint density at radius 1 is 1.07 bits per heavy atom. The van der Waals surface area contributed by atoms with Crippen LogP contribution in [0.5, 0.6) is 5.75 Å². The number of benzene rings is 2. The van der Waals surface area contributed by atoms with E-state index in [9.17, 15) is 4.79 Å². The van der Waals surface area contributed by atoms with Gasteiger partial charge in [-0.3, -0.25) is 4.79 Å². The molecule has 3 aromatic rings. The molecular weight excluding hydrogens is 340 g/mol. The van der Waals surface area contributed by atoms with Crippen molar-refractivity contribution >= 4 is 11.9 Å². The second kappa shape index (κ2) is 7.45. The number of nitrogens with zero attached hydrogens (tertiary/aromatic N) is 3. The van der Waals surface area contributed by atoms with Crippen molar-refractivity contribution in [2.75, 3.05) is 18.9 Å². The van der Waals surface area contributed by atoms with Gasteiger partial charge in [0.2, 0.25) is 5.95 Å². The summed E-state index contributed by atoms with van der Waals surface area (Å²) in [7, 11) is 0. The smallest absolute Gasteiger partial charge is 0.260 e. The minimum absolute atomic E-state index is 0.000578. The fourth-order valence-electron chi connectivity index (χ4n) is 3.14. The van der Waals surface area contributed by atoms with E-state index in [4.69, 9.17) is 10.5 Å². The number of amides is 1. The predicted molar refractivity (Wildman–Crippen MR) is 103 cm³/mol. The summed E-state index contributed by atoms with van der Waals surface area (Å²) in [6.07, 6.45) is 2.47. The van der Waals surface area contributed by atoms with Gasteiger partial charge in [0.05, 0.1) is 12.2 Å². The van der Waals surface area contributed by atoms with E-state index < -0.39 is 0 Å². The van der Waals surface area contributed by atoms with Crippen molar-refractivity contribution in [1.29, 1.82) is 0 Å². The molecule has 1 aliphatic heterocycles. The lowest BCUT2D eigenvalue weighted by Gasteiger charge is -2.27. The Morgan fingerprint density at radius 3 is 2.59 bits per heavy atom. The van der Waals surface area contributed by atoms with Crippen molar-refractivity contribution in [2.24, 2.45) is 0 Å². The summed E-state index contributed by atoms with van der Waals surface area (Å²) in [6.45, 7) is 1.08. The zero-order valence-electron chi connectivity index (χ0n) is 14.8. The van der Waals surface area contributed by atoms with Gasteiger partial charge in [-0.2, -0.15) is 0 Å². The number of carbonyl (C=O) groups excluding carboxylic acids is 1. The number of fused-ring (bicyclic) bond motifs is 1. The molecule has 1 aromatic heterocycles. The molecule has 0 saturated heterocycles. The molecule has 27 heavy (non-hydrogen) atoms. The van der Waals surface area contributed by atoms with E-state index in [-0.39, 0.29) is 18.5 Å². The molecule has 6 heteroatoms. The van der Waals surface area contributed by atoms with Crippen LogP contribution in [0.25, 0.3) is 11.1 Å². The summed E-state index contributed by atoms with van der Waals surface area (Å²) < 4.78 is 5.67. The molecule has 2 heterocycles. The number of nitrogen functional groups attached to an aromatic ring is 1. The minimum Gasteiger partial charge on any atom is -0.484 e. The molecule has 0 saturated carbocycles. The van der Waals surface area contributed by atoms with Crippen LogP contribution in [-0.4, -0.2) is 33.9 Å². The van der Waals surface area contributed by atoms with Crippen LogP contribution in [-0.2, 0) is 17.8 Å². The summed E-state index contributed by atoms with van der Waals surface area (Å²) in [5, 5.41) is 0. The average Bonchev–Trinajstić information content (AvgIpc) is 2.72. The summed E-state index contributed by atoms with van der Waals surface area (Å²) in [5.41, 5.74) is 9.76. The average molecular weight is 360 g/mol. The molecule has 2 N–H and O–H groups in total. The number of hydrogen-bond acceptors (Lipinski definition) is 5. The number of nitrogens with two attached hydrogens (primary N) is 1. The van der Waals surface area contributed by atoms with Gasteiger partial charge in [-0.25, -0.2) is 9.97 Å². The van der Waals surface area contributed by atoms with Crippen molar-refractivity contribution in [2.45, 2.75) is 13.0 Å². The van der Waals surface area contributed by atoms with E-state index in [2.05, 4.69) is 22.1 Å². The standard InChI is InChI=1S/C21H20N4O2/c22-21-23-12-17-10-11-25(13-19(17)24-21)20(26)14-27-18-8-6-16(7-9-18)15-4-2-1-3-5-15/h1-9,12H,10-11,13-14H2,(H2,22,23,24). The third kappa shape index (κ3) is 3.89. The minimum atomic E-state index is -0.0648. The van der Waals surface area contributed by atoms with E-state index in [1.807, 2.05) is 42.5 Å². The van der Waals surface area contributed by atoms with Gasteiger partial charge in [0, 0.05) is 12.7 Å². The molecule has 0 radical (unpaired) electrons. The van der Waals surface area contributed by atoms with Gasteiger partial charge in [0.15, 0.2) is 6.61 Å². The van der Waals surface area contributed by atoms with Crippen molar-refractivity contribution in [1.82, 2.24) is 14.9 Å². The highest BCUT2D eigenvalue weighted by Gasteiger charge is 2.22. The van der Waals surface area contributed by atoms with Crippen LogP contribution in [0.2, 0.25) is 0 Å². The number of carbonyl (C=O) groups is 1. The number of rotatable bonds is 4. The summed E-state index contributed by atoms with van der Waals surface area (Å²) >= 11 is 0. The Bertz CT molecular complexity index is 942. The Hall–Kier alpha value is -3.41. The number of aromatic nitrogens is 2. The number of anilines is 1. The van der Waals surface area contributed by atoms with Crippen molar-refractivity contribution in [3.8, 4) is 16.9 Å². The predicted octanol–water partition coefficient (Wildman–Crippen LogP) is 2.69. The zero-order valence-corrected chi connectivity index (χ0v) is 14.8. The van der Waals surface area contributed by atoms with Crippen LogP contribution in [0.1, 0.15) is 11.3 Å². The maximum absolute atomic E-state index is 12.5. The van der Waals surface area contributed by atoms with Crippen molar-refractivity contribution in [3.63, 3.8) is 0 Å².